The molecule has 0 spiro atoms. The molecule has 0 saturated carbocycles. The number of unbranched alkanes of at least 4 members (excludes halogenated alkanes) is 4. The van der Waals surface area contributed by atoms with E-state index in [2.05, 4.69) is 28.9 Å². The first kappa shape index (κ1) is 25.2. The summed E-state index contributed by atoms with van der Waals surface area (Å²) in [4.78, 5) is 18.2. The molecule has 180 valence electrons. The van der Waals surface area contributed by atoms with Crippen molar-refractivity contribution in [3.05, 3.63) is 48.2 Å². The molecule has 2 heterocycles. The predicted octanol–water partition coefficient (Wildman–Crippen LogP) is 6.12. The number of aromatic nitrogens is 1. The van der Waals surface area contributed by atoms with E-state index >= 15 is 0 Å². The first-order valence-corrected chi connectivity index (χ1v) is 12.7. The number of carboxylic acids is 1. The Balaban J connectivity index is 1.56. The summed E-state index contributed by atoms with van der Waals surface area (Å²) in [5, 5.41) is 10.3. The molecule has 33 heavy (non-hydrogen) atoms. The van der Waals surface area contributed by atoms with Crippen molar-refractivity contribution in [1.82, 2.24) is 9.88 Å². The maximum Gasteiger partial charge on any atom is 0.327 e. The van der Waals surface area contributed by atoms with Crippen molar-refractivity contribution in [2.24, 2.45) is 11.8 Å². The molecule has 2 unspecified atom stereocenters. The van der Waals surface area contributed by atoms with Crippen LogP contribution in [0.2, 0.25) is 0 Å². The third-order valence-electron chi connectivity index (χ3n) is 7.01. The number of pyridine rings is 1. The summed E-state index contributed by atoms with van der Waals surface area (Å²) in [5.74, 6) is 0.875. The molecule has 0 bridgehead atoms. The van der Waals surface area contributed by atoms with Crippen LogP contribution < -0.4 is 4.74 Å². The van der Waals surface area contributed by atoms with Crippen LogP contribution in [0.5, 0.6) is 5.75 Å². The zero-order valence-electron chi connectivity index (χ0n) is 20.3. The van der Waals surface area contributed by atoms with Crippen LogP contribution in [0.25, 0.3) is 10.9 Å². The van der Waals surface area contributed by atoms with Gasteiger partial charge in [0.15, 0.2) is 0 Å². The lowest BCUT2D eigenvalue weighted by atomic mass is 9.81. The fourth-order valence-electron chi connectivity index (χ4n) is 5.11. The minimum atomic E-state index is -0.845. The molecule has 1 aliphatic rings. The number of carboxylic acid groups (broad SMARTS) is 1. The summed E-state index contributed by atoms with van der Waals surface area (Å²) in [6.45, 7) is 5.50. The number of rotatable bonds is 13. The third-order valence-corrected chi connectivity index (χ3v) is 7.01. The van der Waals surface area contributed by atoms with E-state index < -0.39 is 5.97 Å². The second kappa shape index (κ2) is 13.3. The van der Waals surface area contributed by atoms with E-state index in [0.29, 0.717) is 11.8 Å². The Morgan fingerprint density at radius 1 is 1.21 bits per heavy atom. The minimum absolute atomic E-state index is 0.319. The molecule has 3 rings (SSSR count). The van der Waals surface area contributed by atoms with Crippen LogP contribution in [0.1, 0.15) is 63.9 Å². The second-order valence-electron chi connectivity index (χ2n) is 9.37. The van der Waals surface area contributed by atoms with Crippen molar-refractivity contribution < 1.29 is 14.6 Å². The summed E-state index contributed by atoms with van der Waals surface area (Å²) < 4.78 is 5.41. The Morgan fingerprint density at radius 3 is 2.85 bits per heavy atom. The monoisotopic (exact) mass is 452 g/mol. The summed E-state index contributed by atoms with van der Waals surface area (Å²) >= 11 is 0. The van der Waals surface area contributed by atoms with Crippen LogP contribution in [-0.2, 0) is 11.2 Å². The van der Waals surface area contributed by atoms with Crippen LogP contribution in [-0.4, -0.2) is 47.7 Å². The fraction of sp³-hybridized carbons (Fsp3) is 0.571. The number of benzene rings is 1. The molecular weight excluding hydrogens is 412 g/mol. The van der Waals surface area contributed by atoms with Gasteiger partial charge in [-0.2, -0.15) is 0 Å². The third kappa shape index (κ3) is 7.85. The van der Waals surface area contributed by atoms with E-state index in [1.54, 1.807) is 7.11 Å². The highest BCUT2D eigenvalue weighted by Gasteiger charge is 2.27. The number of likely N-dealkylation sites (tertiary alicyclic amines) is 1. The Hall–Kier alpha value is -2.40. The predicted molar refractivity (Wildman–Crippen MR) is 135 cm³/mol. The SMILES string of the molecule is CCCCCCCN1CCC(CCCc2ccnc3ccc(OC)cc23)C(C=CC(=O)O)C1. The zero-order chi connectivity index (χ0) is 23.5. The number of carbonyl (C=O) groups is 1. The number of piperidine rings is 1. The number of ether oxygens (including phenoxy) is 1. The van der Waals surface area contributed by atoms with Gasteiger partial charge in [0.1, 0.15) is 5.75 Å². The van der Waals surface area contributed by atoms with Crippen LogP contribution in [0.4, 0.5) is 0 Å². The zero-order valence-corrected chi connectivity index (χ0v) is 20.3. The number of aliphatic carboxylic acids is 1. The maximum atomic E-state index is 11.2. The molecule has 1 aromatic carbocycles. The lowest BCUT2D eigenvalue weighted by molar-refractivity contribution is -0.131. The van der Waals surface area contributed by atoms with Gasteiger partial charge in [-0.3, -0.25) is 4.98 Å². The van der Waals surface area contributed by atoms with Crippen LogP contribution in [0, 0.1) is 11.8 Å². The number of methoxy groups -OCH3 is 1. The lowest BCUT2D eigenvalue weighted by Gasteiger charge is -2.37. The van der Waals surface area contributed by atoms with Gasteiger partial charge >= 0.3 is 5.97 Å². The molecule has 2 atom stereocenters. The summed E-state index contributed by atoms with van der Waals surface area (Å²) in [7, 11) is 1.69. The van der Waals surface area contributed by atoms with Gasteiger partial charge in [0.25, 0.3) is 0 Å². The molecule has 1 saturated heterocycles. The van der Waals surface area contributed by atoms with Gasteiger partial charge in [-0.05, 0) is 86.9 Å². The van der Waals surface area contributed by atoms with Crippen LogP contribution in [0.15, 0.2) is 42.6 Å². The Kier molecular flexibility index (Phi) is 10.2. The molecule has 5 nitrogen and oxygen atoms in total. The quantitative estimate of drug-likeness (QED) is 0.293. The second-order valence-corrected chi connectivity index (χ2v) is 9.37. The molecule has 1 fully saturated rings. The number of fused-ring (bicyclic) bond motifs is 1. The fourth-order valence-corrected chi connectivity index (χ4v) is 5.11. The number of nitrogens with zero attached hydrogens (tertiary/aromatic N) is 2. The van der Waals surface area contributed by atoms with Gasteiger partial charge in [-0.25, -0.2) is 4.79 Å². The smallest absolute Gasteiger partial charge is 0.327 e. The van der Waals surface area contributed by atoms with Crippen molar-refractivity contribution >= 4 is 16.9 Å². The van der Waals surface area contributed by atoms with Crippen molar-refractivity contribution in [2.45, 2.75) is 64.7 Å². The Labute approximate surface area is 198 Å². The molecule has 1 aromatic heterocycles. The highest BCUT2D eigenvalue weighted by molar-refractivity contribution is 5.83. The van der Waals surface area contributed by atoms with Gasteiger partial charge in [0, 0.05) is 24.2 Å². The summed E-state index contributed by atoms with van der Waals surface area (Å²) in [6.07, 6.45) is 16.0. The van der Waals surface area contributed by atoms with Crippen molar-refractivity contribution in [3.63, 3.8) is 0 Å². The normalized spacial score (nSPS) is 19.3. The van der Waals surface area contributed by atoms with E-state index in [1.807, 2.05) is 24.4 Å². The van der Waals surface area contributed by atoms with Crippen molar-refractivity contribution in [1.29, 1.82) is 0 Å². The highest BCUT2D eigenvalue weighted by atomic mass is 16.5. The van der Waals surface area contributed by atoms with Crippen molar-refractivity contribution in [3.8, 4) is 5.75 Å². The minimum Gasteiger partial charge on any atom is -0.497 e. The topological polar surface area (TPSA) is 62.7 Å². The molecule has 1 N–H and O–H groups in total. The molecule has 0 radical (unpaired) electrons. The standard InChI is InChI=1S/C28H40N2O3/c1-3-4-5-6-7-18-30-19-16-22(24(21-30)11-14-28(31)32)9-8-10-23-15-17-29-27-13-12-25(33-2)20-26(23)27/h11-15,17,20,22,24H,3-10,16,18-19,21H2,1-2H3,(H,31,32). The van der Waals surface area contributed by atoms with E-state index in [-0.39, 0.29) is 0 Å². The Bertz CT molecular complexity index is 911. The first-order chi connectivity index (χ1) is 16.1. The molecular formula is C28H40N2O3. The first-order valence-electron chi connectivity index (χ1n) is 12.7. The van der Waals surface area contributed by atoms with Gasteiger partial charge in [0.2, 0.25) is 0 Å². The molecule has 1 aliphatic heterocycles. The number of aryl methyl sites for hydroxylation is 1. The maximum absolute atomic E-state index is 11.2. The molecule has 5 heteroatoms. The highest BCUT2D eigenvalue weighted by Crippen LogP contribution is 2.31. The van der Waals surface area contributed by atoms with E-state index in [0.717, 1.165) is 62.0 Å². The number of hydrogen-bond acceptors (Lipinski definition) is 4. The van der Waals surface area contributed by atoms with Gasteiger partial charge in [0.05, 0.1) is 12.6 Å². The molecule has 0 aliphatic carbocycles. The lowest BCUT2D eigenvalue weighted by Crippen LogP contribution is -2.40. The van der Waals surface area contributed by atoms with E-state index in [1.165, 1.54) is 43.7 Å². The van der Waals surface area contributed by atoms with Crippen LogP contribution >= 0.6 is 0 Å². The average Bonchev–Trinajstić information content (AvgIpc) is 2.83. The van der Waals surface area contributed by atoms with Crippen LogP contribution in [0.3, 0.4) is 0 Å². The summed E-state index contributed by atoms with van der Waals surface area (Å²) in [6, 6.07) is 8.16. The largest absolute Gasteiger partial charge is 0.497 e. The van der Waals surface area contributed by atoms with E-state index in [9.17, 15) is 9.90 Å². The Morgan fingerprint density at radius 2 is 2.06 bits per heavy atom. The molecule has 2 aromatic rings. The average molecular weight is 453 g/mol. The van der Waals surface area contributed by atoms with Gasteiger partial charge < -0.3 is 14.7 Å². The number of hydrogen-bond donors (Lipinski definition) is 1. The van der Waals surface area contributed by atoms with Crippen molar-refractivity contribution in [2.75, 3.05) is 26.7 Å². The summed E-state index contributed by atoms with van der Waals surface area (Å²) in [5.41, 5.74) is 2.31. The molecule has 0 amide bonds. The van der Waals surface area contributed by atoms with Gasteiger partial charge in [-0.1, -0.05) is 38.7 Å². The van der Waals surface area contributed by atoms with E-state index in [4.69, 9.17) is 4.74 Å². The van der Waals surface area contributed by atoms with Gasteiger partial charge in [-0.15, -0.1) is 0 Å².